The number of aromatic amines is 1. The van der Waals surface area contributed by atoms with Crippen LogP contribution in [-0.4, -0.2) is 17.0 Å². The van der Waals surface area contributed by atoms with Crippen molar-refractivity contribution in [3.05, 3.63) is 51.5 Å². The third kappa shape index (κ3) is 3.00. The molecule has 5 heteroatoms. The van der Waals surface area contributed by atoms with E-state index in [0.717, 1.165) is 23.6 Å². The standard InChI is InChI=1S/C12H13Cl2N3/c1-15-6-8-7-16-12(17-8)5-9-10(13)3-2-4-11(9)14/h2-4,7,15H,5-6H2,1H3,(H,16,17). The molecular weight excluding hydrogens is 257 g/mol. The number of halogens is 2. The van der Waals surface area contributed by atoms with Gasteiger partial charge in [0.1, 0.15) is 5.82 Å². The Morgan fingerprint density at radius 1 is 1.29 bits per heavy atom. The van der Waals surface area contributed by atoms with E-state index in [4.69, 9.17) is 23.2 Å². The summed E-state index contributed by atoms with van der Waals surface area (Å²) in [7, 11) is 1.89. The van der Waals surface area contributed by atoms with Gasteiger partial charge in [0, 0.05) is 34.9 Å². The van der Waals surface area contributed by atoms with Gasteiger partial charge in [-0.15, -0.1) is 0 Å². The van der Waals surface area contributed by atoms with Crippen LogP contribution < -0.4 is 5.32 Å². The molecule has 1 aromatic heterocycles. The summed E-state index contributed by atoms with van der Waals surface area (Å²) in [6, 6.07) is 5.50. The highest BCUT2D eigenvalue weighted by atomic mass is 35.5. The normalized spacial score (nSPS) is 10.8. The Kier molecular flexibility index (Phi) is 4.05. The van der Waals surface area contributed by atoms with Gasteiger partial charge in [-0.25, -0.2) is 4.98 Å². The van der Waals surface area contributed by atoms with Crippen LogP contribution in [0, 0.1) is 0 Å². The van der Waals surface area contributed by atoms with E-state index in [1.165, 1.54) is 0 Å². The summed E-state index contributed by atoms with van der Waals surface area (Å²) in [5, 5.41) is 4.40. The first-order chi connectivity index (χ1) is 8.20. The smallest absolute Gasteiger partial charge is 0.110 e. The Hall–Kier alpha value is -1.03. The fraction of sp³-hybridized carbons (Fsp3) is 0.250. The quantitative estimate of drug-likeness (QED) is 0.896. The largest absolute Gasteiger partial charge is 0.345 e. The van der Waals surface area contributed by atoms with Crippen LogP contribution in [0.1, 0.15) is 17.1 Å². The first-order valence-corrected chi connectivity index (χ1v) is 6.06. The lowest BCUT2D eigenvalue weighted by atomic mass is 10.1. The molecule has 0 aliphatic carbocycles. The van der Waals surface area contributed by atoms with E-state index in [1.807, 2.05) is 31.4 Å². The molecule has 0 unspecified atom stereocenters. The molecule has 2 aromatic rings. The second kappa shape index (κ2) is 5.54. The molecule has 2 rings (SSSR count). The predicted octanol–water partition coefficient (Wildman–Crippen LogP) is 3.03. The van der Waals surface area contributed by atoms with Crippen LogP contribution in [0.25, 0.3) is 0 Å². The zero-order valence-electron chi connectivity index (χ0n) is 9.43. The van der Waals surface area contributed by atoms with Gasteiger partial charge in [0.25, 0.3) is 0 Å². The van der Waals surface area contributed by atoms with Gasteiger partial charge in [0.2, 0.25) is 0 Å². The van der Waals surface area contributed by atoms with Crippen LogP contribution in [0.15, 0.2) is 24.4 Å². The van der Waals surface area contributed by atoms with E-state index in [0.29, 0.717) is 16.5 Å². The second-order valence-electron chi connectivity index (χ2n) is 3.76. The predicted molar refractivity (Wildman–Crippen MR) is 70.6 cm³/mol. The molecule has 3 nitrogen and oxygen atoms in total. The Morgan fingerprint density at radius 2 is 2.00 bits per heavy atom. The maximum Gasteiger partial charge on any atom is 0.110 e. The number of aromatic nitrogens is 2. The minimum atomic E-state index is 0.613. The van der Waals surface area contributed by atoms with E-state index in [2.05, 4.69) is 15.3 Å². The van der Waals surface area contributed by atoms with Gasteiger partial charge >= 0.3 is 0 Å². The molecule has 0 spiro atoms. The number of nitrogens with one attached hydrogen (secondary N) is 2. The molecule has 0 aliphatic rings. The third-order valence-corrected chi connectivity index (χ3v) is 3.16. The van der Waals surface area contributed by atoms with E-state index in [1.54, 1.807) is 0 Å². The molecule has 0 saturated carbocycles. The molecule has 2 N–H and O–H groups in total. The maximum absolute atomic E-state index is 6.11. The van der Waals surface area contributed by atoms with Gasteiger partial charge in [0.05, 0.1) is 0 Å². The molecule has 17 heavy (non-hydrogen) atoms. The van der Waals surface area contributed by atoms with Gasteiger partial charge < -0.3 is 10.3 Å². The highest BCUT2D eigenvalue weighted by molar-refractivity contribution is 6.36. The maximum atomic E-state index is 6.11. The zero-order chi connectivity index (χ0) is 12.3. The topological polar surface area (TPSA) is 40.7 Å². The SMILES string of the molecule is CNCc1cnc(Cc2c(Cl)cccc2Cl)[nH]1. The minimum Gasteiger partial charge on any atom is -0.345 e. The van der Waals surface area contributed by atoms with Crippen molar-refractivity contribution in [3.8, 4) is 0 Å². The number of hydrogen-bond acceptors (Lipinski definition) is 2. The third-order valence-electron chi connectivity index (χ3n) is 2.45. The number of hydrogen-bond donors (Lipinski definition) is 2. The van der Waals surface area contributed by atoms with Crippen molar-refractivity contribution in [2.24, 2.45) is 0 Å². The van der Waals surface area contributed by atoms with Crippen molar-refractivity contribution >= 4 is 23.2 Å². The molecule has 1 heterocycles. The van der Waals surface area contributed by atoms with Crippen LogP contribution in [0.5, 0.6) is 0 Å². The average Bonchev–Trinajstić information content (AvgIpc) is 2.72. The molecule has 0 aliphatic heterocycles. The van der Waals surface area contributed by atoms with Crippen molar-refractivity contribution < 1.29 is 0 Å². The minimum absolute atomic E-state index is 0.613. The molecular formula is C12H13Cl2N3. The zero-order valence-corrected chi connectivity index (χ0v) is 10.9. The first-order valence-electron chi connectivity index (χ1n) is 5.31. The highest BCUT2D eigenvalue weighted by Gasteiger charge is 2.08. The molecule has 90 valence electrons. The lowest BCUT2D eigenvalue weighted by Gasteiger charge is -2.04. The lowest BCUT2D eigenvalue weighted by molar-refractivity contribution is 0.793. The summed E-state index contributed by atoms with van der Waals surface area (Å²) in [6.45, 7) is 0.767. The van der Waals surface area contributed by atoms with E-state index >= 15 is 0 Å². The first kappa shape index (κ1) is 12.4. The van der Waals surface area contributed by atoms with Crippen molar-refractivity contribution in [1.29, 1.82) is 0 Å². The van der Waals surface area contributed by atoms with Gasteiger partial charge in [0.15, 0.2) is 0 Å². The Morgan fingerprint density at radius 3 is 2.65 bits per heavy atom. The molecule has 0 bridgehead atoms. The summed E-state index contributed by atoms with van der Waals surface area (Å²) in [5.74, 6) is 0.866. The van der Waals surface area contributed by atoms with Crippen molar-refractivity contribution in [2.45, 2.75) is 13.0 Å². The summed E-state index contributed by atoms with van der Waals surface area (Å²) < 4.78 is 0. The summed E-state index contributed by atoms with van der Waals surface area (Å²) in [5.41, 5.74) is 1.95. The van der Waals surface area contributed by atoms with Gasteiger partial charge in [-0.1, -0.05) is 29.3 Å². The number of benzene rings is 1. The Balaban J connectivity index is 2.19. The van der Waals surface area contributed by atoms with Crippen LogP contribution in [0.3, 0.4) is 0 Å². The van der Waals surface area contributed by atoms with Gasteiger partial charge in [-0.3, -0.25) is 0 Å². The highest BCUT2D eigenvalue weighted by Crippen LogP contribution is 2.25. The molecule has 0 fully saturated rings. The van der Waals surface area contributed by atoms with Gasteiger partial charge in [-0.2, -0.15) is 0 Å². The van der Waals surface area contributed by atoms with Crippen LogP contribution in [0.2, 0.25) is 10.0 Å². The van der Waals surface area contributed by atoms with Crippen LogP contribution >= 0.6 is 23.2 Å². The number of nitrogens with zero attached hydrogens (tertiary/aromatic N) is 1. The number of imidazole rings is 1. The van der Waals surface area contributed by atoms with E-state index in [-0.39, 0.29) is 0 Å². The molecule has 0 radical (unpaired) electrons. The van der Waals surface area contributed by atoms with Crippen LogP contribution in [-0.2, 0) is 13.0 Å². The van der Waals surface area contributed by atoms with Crippen LogP contribution in [0.4, 0.5) is 0 Å². The van der Waals surface area contributed by atoms with Crippen molar-refractivity contribution in [1.82, 2.24) is 15.3 Å². The summed E-state index contributed by atoms with van der Waals surface area (Å²) >= 11 is 12.2. The van der Waals surface area contributed by atoms with E-state index < -0.39 is 0 Å². The molecule has 0 amide bonds. The summed E-state index contributed by atoms with van der Waals surface area (Å²) in [6.07, 6.45) is 2.43. The lowest BCUT2D eigenvalue weighted by Crippen LogP contribution is -2.05. The molecule has 0 atom stereocenters. The average molecular weight is 270 g/mol. The fourth-order valence-corrected chi connectivity index (χ4v) is 2.18. The van der Waals surface area contributed by atoms with Crippen molar-refractivity contribution in [2.75, 3.05) is 7.05 Å². The van der Waals surface area contributed by atoms with Gasteiger partial charge in [-0.05, 0) is 24.7 Å². The number of rotatable bonds is 4. The summed E-state index contributed by atoms with van der Waals surface area (Å²) in [4.78, 5) is 7.53. The van der Waals surface area contributed by atoms with Crippen molar-refractivity contribution in [3.63, 3.8) is 0 Å². The second-order valence-corrected chi connectivity index (χ2v) is 4.58. The van der Waals surface area contributed by atoms with E-state index in [9.17, 15) is 0 Å². The fourth-order valence-electron chi connectivity index (χ4n) is 1.64. The molecule has 1 aromatic carbocycles. The monoisotopic (exact) mass is 269 g/mol. The Labute approximate surface area is 110 Å². The molecule has 0 saturated heterocycles. The Bertz CT molecular complexity index is 488. The number of H-pyrrole nitrogens is 1.